The Labute approximate surface area is 83.6 Å². The molecule has 0 aromatic carbocycles. The number of hydrogen-bond acceptors (Lipinski definition) is 2. The zero-order valence-corrected chi connectivity index (χ0v) is 8.17. The molecule has 0 spiro atoms. The van der Waals surface area contributed by atoms with Crippen molar-refractivity contribution in [2.45, 2.75) is 5.72 Å². The van der Waals surface area contributed by atoms with Crippen LogP contribution >= 0.6 is 11.6 Å². The van der Waals surface area contributed by atoms with Gasteiger partial charge in [-0.3, -0.25) is 5.32 Å². The second-order valence-corrected chi connectivity index (χ2v) is 3.32. The van der Waals surface area contributed by atoms with E-state index in [-0.39, 0.29) is 5.92 Å². The van der Waals surface area contributed by atoms with Crippen LogP contribution < -0.4 is 5.32 Å². The molecule has 2 unspecified atom stereocenters. The van der Waals surface area contributed by atoms with Crippen molar-refractivity contribution in [1.82, 2.24) is 5.32 Å². The van der Waals surface area contributed by atoms with Gasteiger partial charge in [0, 0.05) is 18.3 Å². The average Bonchev–Trinajstić information content (AvgIpc) is 2.16. The summed E-state index contributed by atoms with van der Waals surface area (Å²) in [7, 11) is 0. The van der Waals surface area contributed by atoms with Crippen LogP contribution in [0.4, 0.5) is 0 Å². The molecule has 0 fully saturated rings. The first kappa shape index (κ1) is 10.5. The van der Waals surface area contributed by atoms with Crippen LogP contribution in [0.25, 0.3) is 0 Å². The minimum absolute atomic E-state index is 0.0966. The number of nitrogens with one attached hydrogen (secondary N) is 1. The summed E-state index contributed by atoms with van der Waals surface area (Å²) >= 11 is 5.53. The van der Waals surface area contributed by atoms with Crippen molar-refractivity contribution >= 4 is 11.6 Å². The minimum atomic E-state index is -1.02. The van der Waals surface area contributed by atoms with Crippen LogP contribution in [0.2, 0.25) is 0 Å². The predicted molar refractivity (Wildman–Crippen MR) is 55.6 cm³/mol. The van der Waals surface area contributed by atoms with Gasteiger partial charge in [0.2, 0.25) is 0 Å². The Morgan fingerprint density at radius 3 is 3.00 bits per heavy atom. The van der Waals surface area contributed by atoms with E-state index in [9.17, 15) is 5.11 Å². The van der Waals surface area contributed by atoms with E-state index in [2.05, 4.69) is 11.9 Å². The third-order valence-corrected chi connectivity index (χ3v) is 2.23. The van der Waals surface area contributed by atoms with E-state index in [1.807, 2.05) is 12.2 Å². The zero-order chi connectivity index (χ0) is 9.73. The predicted octanol–water partition coefficient (Wildman–Crippen LogP) is 1.43. The molecule has 0 aromatic heterocycles. The molecular weight excluding hydrogens is 186 g/mol. The molecule has 1 aliphatic carbocycles. The largest absolute Gasteiger partial charge is 0.371 e. The Morgan fingerprint density at radius 2 is 2.38 bits per heavy atom. The van der Waals surface area contributed by atoms with Crippen LogP contribution in [0, 0.1) is 5.92 Å². The maximum absolute atomic E-state index is 10.1. The van der Waals surface area contributed by atoms with Crippen LogP contribution in [-0.4, -0.2) is 23.3 Å². The maximum Gasteiger partial charge on any atom is 0.145 e. The van der Waals surface area contributed by atoms with E-state index in [0.717, 1.165) is 0 Å². The molecule has 0 aromatic rings. The molecule has 1 rings (SSSR count). The summed E-state index contributed by atoms with van der Waals surface area (Å²) in [6.07, 6.45) is 9.02. The van der Waals surface area contributed by atoms with Crippen LogP contribution in [0.1, 0.15) is 0 Å². The summed E-state index contributed by atoms with van der Waals surface area (Å²) in [6.45, 7) is 4.24. The van der Waals surface area contributed by atoms with Gasteiger partial charge in [-0.1, -0.05) is 24.3 Å². The third kappa shape index (κ3) is 2.44. The van der Waals surface area contributed by atoms with Gasteiger partial charge in [0.05, 0.1) is 0 Å². The van der Waals surface area contributed by atoms with Gasteiger partial charge < -0.3 is 5.11 Å². The molecule has 0 radical (unpaired) electrons. The summed E-state index contributed by atoms with van der Waals surface area (Å²) < 4.78 is 0. The zero-order valence-electron chi connectivity index (χ0n) is 7.41. The highest BCUT2D eigenvalue weighted by Gasteiger charge is 2.30. The number of aliphatic hydroxyl groups is 1. The Kier molecular flexibility index (Phi) is 3.72. The van der Waals surface area contributed by atoms with Gasteiger partial charge in [-0.2, -0.15) is 0 Å². The summed E-state index contributed by atoms with van der Waals surface area (Å²) in [5, 5.41) is 13.0. The smallest absolute Gasteiger partial charge is 0.145 e. The second-order valence-electron chi connectivity index (χ2n) is 2.95. The molecule has 0 aliphatic heterocycles. The Hall–Kier alpha value is -0.570. The van der Waals surface area contributed by atoms with Gasteiger partial charge >= 0.3 is 0 Å². The molecule has 2 atom stereocenters. The number of alkyl halides is 1. The molecule has 72 valence electrons. The molecule has 0 amide bonds. The molecule has 0 heterocycles. The lowest BCUT2D eigenvalue weighted by atomic mass is 9.91. The Morgan fingerprint density at radius 1 is 1.62 bits per heavy atom. The number of hydrogen-bond donors (Lipinski definition) is 2. The summed E-state index contributed by atoms with van der Waals surface area (Å²) in [4.78, 5) is 0. The van der Waals surface area contributed by atoms with E-state index >= 15 is 0 Å². The van der Waals surface area contributed by atoms with E-state index in [1.54, 1.807) is 18.2 Å². The molecule has 13 heavy (non-hydrogen) atoms. The summed E-state index contributed by atoms with van der Waals surface area (Å²) in [5.74, 6) is 0.379. The average molecular weight is 200 g/mol. The highest BCUT2D eigenvalue weighted by Crippen LogP contribution is 2.22. The lowest BCUT2D eigenvalue weighted by Gasteiger charge is -2.32. The van der Waals surface area contributed by atoms with Crippen molar-refractivity contribution in [1.29, 1.82) is 0 Å². The van der Waals surface area contributed by atoms with Crippen molar-refractivity contribution in [3.8, 4) is 0 Å². The number of rotatable bonds is 4. The first-order valence-electron chi connectivity index (χ1n) is 4.25. The van der Waals surface area contributed by atoms with Gasteiger partial charge in [-0.05, 0) is 6.08 Å². The molecule has 2 nitrogen and oxygen atoms in total. The molecule has 3 heteroatoms. The van der Waals surface area contributed by atoms with E-state index in [1.165, 1.54) is 0 Å². The van der Waals surface area contributed by atoms with Crippen molar-refractivity contribution < 1.29 is 5.11 Å². The lowest BCUT2D eigenvalue weighted by molar-refractivity contribution is 0.0306. The number of halogens is 1. The SMILES string of the molecule is C=CC1C=CC=CC1(O)NCCCl. The van der Waals surface area contributed by atoms with E-state index in [4.69, 9.17) is 11.6 Å². The van der Waals surface area contributed by atoms with Gasteiger partial charge in [-0.15, -0.1) is 18.2 Å². The van der Waals surface area contributed by atoms with Crippen molar-refractivity contribution in [2.75, 3.05) is 12.4 Å². The molecule has 0 saturated carbocycles. The maximum atomic E-state index is 10.1. The fourth-order valence-corrected chi connectivity index (χ4v) is 1.42. The van der Waals surface area contributed by atoms with Crippen LogP contribution in [0.5, 0.6) is 0 Å². The van der Waals surface area contributed by atoms with Crippen LogP contribution in [-0.2, 0) is 0 Å². The van der Waals surface area contributed by atoms with Gasteiger partial charge in [0.15, 0.2) is 0 Å². The Bertz CT molecular complexity index is 237. The normalized spacial score (nSPS) is 32.0. The fourth-order valence-electron chi connectivity index (χ4n) is 1.33. The first-order chi connectivity index (χ1) is 6.23. The van der Waals surface area contributed by atoms with Crippen molar-refractivity contribution in [2.24, 2.45) is 5.92 Å². The molecule has 0 bridgehead atoms. The van der Waals surface area contributed by atoms with Crippen LogP contribution in [0.15, 0.2) is 37.0 Å². The van der Waals surface area contributed by atoms with Crippen LogP contribution in [0.3, 0.4) is 0 Å². The molecule has 1 aliphatic rings. The molecule has 2 N–H and O–H groups in total. The first-order valence-corrected chi connectivity index (χ1v) is 4.78. The standard InChI is InChI=1S/C10H14ClNO/c1-2-9-5-3-4-6-10(9,13)12-8-7-11/h2-6,9,12-13H,1,7-8H2. The highest BCUT2D eigenvalue weighted by molar-refractivity contribution is 6.18. The van der Waals surface area contributed by atoms with Gasteiger partial charge in [0.25, 0.3) is 0 Å². The van der Waals surface area contributed by atoms with E-state index in [0.29, 0.717) is 12.4 Å². The molecule has 0 saturated heterocycles. The van der Waals surface area contributed by atoms with E-state index < -0.39 is 5.72 Å². The topological polar surface area (TPSA) is 32.3 Å². The summed E-state index contributed by atoms with van der Waals surface area (Å²) in [5.41, 5.74) is -1.02. The van der Waals surface area contributed by atoms with Gasteiger partial charge in [-0.25, -0.2) is 0 Å². The third-order valence-electron chi connectivity index (χ3n) is 2.04. The quantitative estimate of drug-likeness (QED) is 0.408. The minimum Gasteiger partial charge on any atom is -0.371 e. The van der Waals surface area contributed by atoms with Crippen molar-refractivity contribution in [3.63, 3.8) is 0 Å². The number of allylic oxidation sites excluding steroid dienone is 2. The lowest BCUT2D eigenvalue weighted by Crippen LogP contribution is -2.50. The summed E-state index contributed by atoms with van der Waals surface area (Å²) in [6, 6.07) is 0. The highest BCUT2D eigenvalue weighted by atomic mass is 35.5. The molecular formula is C10H14ClNO. The monoisotopic (exact) mass is 199 g/mol. The van der Waals surface area contributed by atoms with Gasteiger partial charge in [0.1, 0.15) is 5.72 Å². The second kappa shape index (κ2) is 4.61. The fraction of sp³-hybridized carbons (Fsp3) is 0.400. The Balaban J connectivity index is 2.68. The van der Waals surface area contributed by atoms with Crippen molar-refractivity contribution in [3.05, 3.63) is 37.0 Å².